The second-order valence-electron chi connectivity index (χ2n) is 6.11. The lowest BCUT2D eigenvalue weighted by molar-refractivity contribution is 0.817. The van der Waals surface area contributed by atoms with Gasteiger partial charge in [-0.05, 0) is 31.2 Å². The van der Waals surface area contributed by atoms with Gasteiger partial charge in [0, 0.05) is 24.3 Å². The summed E-state index contributed by atoms with van der Waals surface area (Å²) in [6.07, 6.45) is 0. The van der Waals surface area contributed by atoms with Gasteiger partial charge in [-0.2, -0.15) is 0 Å². The number of nitrogen functional groups attached to an aromatic ring is 1. The second kappa shape index (κ2) is 5.29. The zero-order chi connectivity index (χ0) is 17.0. The molecule has 1 aliphatic heterocycles. The minimum Gasteiger partial charge on any atom is -0.375 e. The summed E-state index contributed by atoms with van der Waals surface area (Å²) in [6.45, 7) is 3.79. The van der Waals surface area contributed by atoms with Gasteiger partial charge in [0.1, 0.15) is 5.69 Å². The van der Waals surface area contributed by atoms with Crippen molar-refractivity contribution in [3.8, 4) is 22.6 Å². The number of imidazole rings is 1. The van der Waals surface area contributed by atoms with E-state index in [4.69, 9.17) is 10.7 Å². The van der Waals surface area contributed by atoms with E-state index >= 15 is 0 Å². The number of anilines is 2. The number of fused-ring (bicyclic) bond motifs is 2. The molecule has 4 heterocycles. The maximum Gasteiger partial charge on any atom is 0.204 e. The summed E-state index contributed by atoms with van der Waals surface area (Å²) in [5, 5.41) is 3.94. The van der Waals surface area contributed by atoms with Crippen LogP contribution in [0, 0.1) is 6.92 Å². The van der Waals surface area contributed by atoms with E-state index in [1.807, 2.05) is 31.2 Å². The van der Waals surface area contributed by atoms with Crippen LogP contribution in [0.4, 0.5) is 11.1 Å². The van der Waals surface area contributed by atoms with Gasteiger partial charge in [0.15, 0.2) is 5.13 Å². The van der Waals surface area contributed by atoms with Crippen LogP contribution in [0.5, 0.6) is 0 Å². The van der Waals surface area contributed by atoms with Crippen molar-refractivity contribution in [1.29, 1.82) is 0 Å². The van der Waals surface area contributed by atoms with Gasteiger partial charge in [0.2, 0.25) is 5.95 Å². The van der Waals surface area contributed by atoms with Crippen molar-refractivity contribution < 1.29 is 0 Å². The minimum absolute atomic E-state index is 0.591. The van der Waals surface area contributed by atoms with Gasteiger partial charge in [-0.15, -0.1) is 0 Å². The Morgan fingerprint density at radius 1 is 1.16 bits per heavy atom. The van der Waals surface area contributed by atoms with Crippen LogP contribution in [0.25, 0.3) is 32.9 Å². The summed E-state index contributed by atoms with van der Waals surface area (Å²) in [5.41, 5.74) is 11.8. The van der Waals surface area contributed by atoms with Crippen LogP contribution >= 0.6 is 11.3 Å². The Labute approximate surface area is 148 Å². The second-order valence-corrected chi connectivity index (χ2v) is 7.17. The number of nitrogens with zero attached hydrogens (tertiary/aromatic N) is 4. The molecule has 0 unspecified atom stereocenters. The van der Waals surface area contributed by atoms with E-state index in [2.05, 4.69) is 32.0 Å². The van der Waals surface area contributed by atoms with Gasteiger partial charge in [0.05, 0.1) is 21.6 Å². The first-order valence-corrected chi connectivity index (χ1v) is 8.95. The molecule has 4 aromatic rings. The van der Waals surface area contributed by atoms with Crippen molar-refractivity contribution in [2.45, 2.75) is 13.5 Å². The highest BCUT2D eigenvalue weighted by Crippen LogP contribution is 2.37. The van der Waals surface area contributed by atoms with Gasteiger partial charge in [-0.25, -0.2) is 9.97 Å². The lowest BCUT2D eigenvalue weighted by atomic mass is 10.1. The number of rotatable bonds is 2. The first kappa shape index (κ1) is 14.4. The molecule has 6 nitrogen and oxygen atoms in total. The van der Waals surface area contributed by atoms with E-state index in [9.17, 15) is 0 Å². The molecule has 7 heteroatoms. The van der Waals surface area contributed by atoms with Gasteiger partial charge >= 0.3 is 0 Å². The Hall–Kier alpha value is -2.93. The lowest BCUT2D eigenvalue weighted by Crippen LogP contribution is -1.99. The number of hydrogen-bond acceptors (Lipinski definition) is 6. The van der Waals surface area contributed by atoms with E-state index in [0.29, 0.717) is 5.13 Å². The zero-order valence-electron chi connectivity index (χ0n) is 13.7. The summed E-state index contributed by atoms with van der Waals surface area (Å²) in [4.78, 5) is 13.8. The highest BCUT2D eigenvalue weighted by atomic mass is 32.1. The molecule has 25 heavy (non-hydrogen) atoms. The number of benzene rings is 1. The molecule has 3 N–H and O–H groups in total. The summed E-state index contributed by atoms with van der Waals surface area (Å²) in [6, 6.07) is 12.3. The summed E-state index contributed by atoms with van der Waals surface area (Å²) in [5.74, 6) is 0.900. The van der Waals surface area contributed by atoms with Crippen LogP contribution in [0.15, 0.2) is 36.4 Å². The molecule has 0 spiro atoms. The number of hydrogen-bond donors (Lipinski definition) is 2. The third kappa shape index (κ3) is 2.27. The van der Waals surface area contributed by atoms with E-state index in [1.54, 1.807) is 0 Å². The molecule has 5 rings (SSSR count). The molecule has 1 aliphatic rings. The topological polar surface area (TPSA) is 81.7 Å². The zero-order valence-corrected chi connectivity index (χ0v) is 14.5. The molecule has 0 radical (unpaired) electrons. The summed E-state index contributed by atoms with van der Waals surface area (Å²) >= 11 is 1.51. The average Bonchev–Trinajstić information content (AvgIpc) is 3.26. The van der Waals surface area contributed by atoms with E-state index in [1.165, 1.54) is 11.3 Å². The van der Waals surface area contributed by atoms with Gasteiger partial charge in [0.25, 0.3) is 0 Å². The van der Waals surface area contributed by atoms with Gasteiger partial charge < -0.3 is 15.6 Å². The maximum atomic E-state index is 5.86. The number of aryl methyl sites for hydroxylation is 1. The van der Waals surface area contributed by atoms with Crippen LogP contribution in [0.2, 0.25) is 0 Å². The average molecular weight is 348 g/mol. The van der Waals surface area contributed by atoms with Crippen LogP contribution in [0.3, 0.4) is 0 Å². The molecule has 124 valence electrons. The third-order valence-electron chi connectivity index (χ3n) is 4.40. The predicted octanol–water partition coefficient (Wildman–Crippen LogP) is 3.54. The summed E-state index contributed by atoms with van der Waals surface area (Å²) < 4.78 is 3.31. The molecule has 3 aromatic heterocycles. The molecular weight excluding hydrogens is 332 g/mol. The van der Waals surface area contributed by atoms with Crippen LogP contribution in [-0.4, -0.2) is 26.1 Å². The molecular formula is C18H16N6S. The maximum absolute atomic E-state index is 5.86. The largest absolute Gasteiger partial charge is 0.375 e. The Kier molecular flexibility index (Phi) is 3.05. The number of pyridine rings is 1. The van der Waals surface area contributed by atoms with Crippen molar-refractivity contribution in [3.05, 3.63) is 42.1 Å². The van der Waals surface area contributed by atoms with Crippen LogP contribution in [0.1, 0.15) is 5.69 Å². The van der Waals surface area contributed by atoms with Crippen molar-refractivity contribution >= 4 is 32.6 Å². The van der Waals surface area contributed by atoms with Crippen LogP contribution < -0.4 is 11.1 Å². The number of nitrogens with one attached hydrogen (secondary N) is 1. The monoisotopic (exact) mass is 348 g/mol. The smallest absolute Gasteiger partial charge is 0.204 e. The lowest BCUT2D eigenvalue weighted by Gasteiger charge is -2.08. The fourth-order valence-electron chi connectivity index (χ4n) is 3.32. The highest BCUT2D eigenvalue weighted by Gasteiger charge is 2.24. The number of thiazole rings is 1. The van der Waals surface area contributed by atoms with E-state index < -0.39 is 0 Å². The Morgan fingerprint density at radius 2 is 2.08 bits per heavy atom. The van der Waals surface area contributed by atoms with Gasteiger partial charge in [-0.3, -0.25) is 4.98 Å². The first-order valence-electron chi connectivity index (χ1n) is 8.14. The van der Waals surface area contributed by atoms with Crippen molar-refractivity contribution in [2.24, 2.45) is 0 Å². The van der Waals surface area contributed by atoms with Crippen molar-refractivity contribution in [2.75, 3.05) is 17.6 Å². The van der Waals surface area contributed by atoms with E-state index in [-0.39, 0.29) is 0 Å². The molecule has 1 aromatic carbocycles. The van der Waals surface area contributed by atoms with Crippen LogP contribution in [-0.2, 0) is 6.54 Å². The van der Waals surface area contributed by atoms with E-state index in [0.717, 1.165) is 57.6 Å². The van der Waals surface area contributed by atoms with Gasteiger partial charge in [-0.1, -0.05) is 23.5 Å². The predicted molar refractivity (Wildman–Crippen MR) is 102 cm³/mol. The summed E-state index contributed by atoms with van der Waals surface area (Å²) in [7, 11) is 0. The number of aromatic nitrogens is 4. The Balaban J connectivity index is 1.76. The first-order chi connectivity index (χ1) is 12.2. The minimum atomic E-state index is 0.591. The van der Waals surface area contributed by atoms with Crippen molar-refractivity contribution in [1.82, 2.24) is 19.5 Å². The molecule has 0 bridgehead atoms. The Bertz CT molecular complexity index is 1110. The molecule has 0 amide bonds. The molecule has 0 aliphatic carbocycles. The fraction of sp³-hybridized carbons (Fsp3) is 0.167. The molecule has 0 fully saturated rings. The standard InChI is InChI=1S/C18H16N6S/c1-10-3-2-4-13(21-10)15-16(24-8-7-20-18(24)23-15)11-5-6-12-14(9-11)25-17(19)22-12/h2-6,9H,7-8H2,1H3,(H2,19,22)(H,20,23). The highest BCUT2D eigenvalue weighted by molar-refractivity contribution is 7.22. The quantitative estimate of drug-likeness (QED) is 0.579. The normalized spacial score (nSPS) is 13.2. The number of nitrogens with two attached hydrogens (primary N) is 1. The molecule has 0 saturated carbocycles. The van der Waals surface area contributed by atoms with Crippen molar-refractivity contribution in [3.63, 3.8) is 0 Å². The SMILES string of the molecule is Cc1cccc(-c2nc3n(c2-c2ccc4nc(N)sc4c2)CCN3)n1. The fourth-order valence-corrected chi connectivity index (χ4v) is 4.09. The third-order valence-corrected chi connectivity index (χ3v) is 5.24. The Morgan fingerprint density at radius 3 is 2.96 bits per heavy atom. The molecule has 0 atom stereocenters. The molecule has 0 saturated heterocycles.